The summed E-state index contributed by atoms with van der Waals surface area (Å²) in [5.41, 5.74) is 0.281. The van der Waals surface area contributed by atoms with Gasteiger partial charge in [0.05, 0.1) is 16.3 Å². The molecule has 20 heavy (non-hydrogen) atoms. The molecule has 1 aromatic rings. The molecule has 0 spiro atoms. The van der Waals surface area contributed by atoms with E-state index in [9.17, 15) is 18.0 Å². The van der Waals surface area contributed by atoms with Gasteiger partial charge in [-0.25, -0.2) is 4.98 Å². The number of ketones is 1. The van der Waals surface area contributed by atoms with Crippen molar-refractivity contribution in [2.24, 2.45) is 0 Å². The first kappa shape index (κ1) is 16.8. The van der Waals surface area contributed by atoms with Crippen molar-refractivity contribution in [1.29, 1.82) is 0 Å². The molecule has 0 aliphatic heterocycles. The van der Waals surface area contributed by atoms with Gasteiger partial charge in [0.2, 0.25) is 0 Å². The zero-order valence-corrected chi connectivity index (χ0v) is 12.4. The molecule has 0 atom stereocenters. The summed E-state index contributed by atoms with van der Waals surface area (Å²) >= 11 is 1.36. The maximum absolute atomic E-state index is 12.6. The first-order valence-corrected chi connectivity index (χ1v) is 7.01. The SMILES string of the molecule is CC(=O)C/C=C(\C)CSc1ccc(C(F)(F)F)c(C)n1. The topological polar surface area (TPSA) is 30.0 Å². The Balaban J connectivity index is 2.69. The Kier molecular flexibility index (Phi) is 5.80. The van der Waals surface area contributed by atoms with Crippen molar-refractivity contribution in [2.75, 3.05) is 5.75 Å². The van der Waals surface area contributed by atoms with Gasteiger partial charge in [-0.1, -0.05) is 11.6 Å². The van der Waals surface area contributed by atoms with E-state index in [1.165, 1.54) is 31.7 Å². The van der Waals surface area contributed by atoms with Crippen molar-refractivity contribution in [3.05, 3.63) is 35.0 Å². The zero-order chi connectivity index (χ0) is 15.3. The lowest BCUT2D eigenvalue weighted by atomic mass is 10.2. The van der Waals surface area contributed by atoms with Crippen LogP contribution in [-0.4, -0.2) is 16.5 Å². The Morgan fingerprint density at radius 2 is 2.00 bits per heavy atom. The quantitative estimate of drug-likeness (QED) is 0.595. The van der Waals surface area contributed by atoms with Crippen LogP contribution in [-0.2, 0) is 11.0 Å². The molecule has 0 bridgehead atoms. The number of aryl methyl sites for hydroxylation is 1. The number of hydrogen-bond donors (Lipinski definition) is 0. The predicted molar refractivity (Wildman–Crippen MR) is 73.8 cm³/mol. The Hall–Kier alpha value is -1.30. The number of nitrogens with zero attached hydrogens (tertiary/aromatic N) is 1. The maximum atomic E-state index is 12.6. The van der Waals surface area contributed by atoms with Crippen LogP contribution >= 0.6 is 11.8 Å². The Morgan fingerprint density at radius 1 is 1.35 bits per heavy atom. The van der Waals surface area contributed by atoms with Gasteiger partial charge in [0, 0.05) is 12.2 Å². The van der Waals surface area contributed by atoms with Gasteiger partial charge < -0.3 is 0 Å². The van der Waals surface area contributed by atoms with Gasteiger partial charge in [-0.15, -0.1) is 11.8 Å². The molecule has 0 amide bonds. The van der Waals surface area contributed by atoms with Gasteiger partial charge in [0.25, 0.3) is 0 Å². The number of halogens is 3. The van der Waals surface area contributed by atoms with Crippen molar-refractivity contribution in [2.45, 2.75) is 38.4 Å². The van der Waals surface area contributed by atoms with E-state index >= 15 is 0 Å². The van der Waals surface area contributed by atoms with Crippen molar-refractivity contribution >= 4 is 17.5 Å². The molecule has 1 heterocycles. The van der Waals surface area contributed by atoms with Gasteiger partial charge >= 0.3 is 6.18 Å². The highest BCUT2D eigenvalue weighted by Crippen LogP contribution is 2.32. The number of carbonyl (C=O) groups is 1. The van der Waals surface area contributed by atoms with Crippen LogP contribution in [0.4, 0.5) is 13.2 Å². The minimum atomic E-state index is -4.36. The third-order valence-electron chi connectivity index (χ3n) is 2.55. The molecule has 0 unspecified atom stereocenters. The second-order valence-corrected chi connectivity index (χ2v) is 5.52. The van der Waals surface area contributed by atoms with Gasteiger partial charge in [0.1, 0.15) is 5.78 Å². The molecule has 0 radical (unpaired) electrons. The van der Waals surface area contributed by atoms with Gasteiger partial charge in [-0.2, -0.15) is 13.2 Å². The van der Waals surface area contributed by atoms with Crippen LogP contribution in [0.2, 0.25) is 0 Å². The van der Waals surface area contributed by atoms with Crippen LogP contribution in [0.15, 0.2) is 28.8 Å². The molecular formula is C14H16F3NOS. The number of rotatable bonds is 5. The Labute approximate surface area is 120 Å². The lowest BCUT2D eigenvalue weighted by Gasteiger charge is -2.10. The molecular weight excluding hydrogens is 287 g/mol. The average molecular weight is 303 g/mol. The summed E-state index contributed by atoms with van der Waals surface area (Å²) in [6, 6.07) is 2.43. The fraction of sp³-hybridized carbons (Fsp3) is 0.429. The van der Waals surface area contributed by atoms with Crippen molar-refractivity contribution in [3.8, 4) is 0 Å². The smallest absolute Gasteiger partial charge is 0.300 e. The molecule has 0 N–H and O–H groups in total. The summed E-state index contributed by atoms with van der Waals surface area (Å²) < 4.78 is 37.7. The maximum Gasteiger partial charge on any atom is 0.418 e. The van der Waals surface area contributed by atoms with Crippen molar-refractivity contribution in [3.63, 3.8) is 0 Å². The first-order chi connectivity index (χ1) is 9.20. The highest BCUT2D eigenvalue weighted by atomic mass is 32.2. The number of Topliss-reactive ketones (excluding diaryl/α,β-unsaturated/α-hetero) is 1. The summed E-state index contributed by atoms with van der Waals surface area (Å²) in [6.45, 7) is 4.75. The zero-order valence-electron chi connectivity index (χ0n) is 11.5. The number of pyridine rings is 1. The summed E-state index contributed by atoms with van der Waals surface area (Å²) in [6.07, 6.45) is -2.16. The van der Waals surface area contributed by atoms with E-state index in [-0.39, 0.29) is 11.5 Å². The molecule has 0 aliphatic carbocycles. The second kappa shape index (κ2) is 6.92. The minimum Gasteiger partial charge on any atom is -0.300 e. The molecule has 0 fully saturated rings. The van der Waals surface area contributed by atoms with E-state index in [1.54, 1.807) is 0 Å². The molecule has 0 aromatic carbocycles. The van der Waals surface area contributed by atoms with E-state index in [0.717, 1.165) is 11.6 Å². The number of thioether (sulfide) groups is 1. The Morgan fingerprint density at radius 3 is 2.50 bits per heavy atom. The van der Waals surface area contributed by atoms with E-state index in [1.807, 2.05) is 13.0 Å². The van der Waals surface area contributed by atoms with Crippen LogP contribution in [0.25, 0.3) is 0 Å². The lowest BCUT2D eigenvalue weighted by molar-refractivity contribution is -0.138. The van der Waals surface area contributed by atoms with E-state index < -0.39 is 11.7 Å². The van der Waals surface area contributed by atoms with Crippen LogP contribution in [0.1, 0.15) is 31.5 Å². The van der Waals surface area contributed by atoms with Gasteiger partial charge in [-0.05, 0) is 32.9 Å². The molecule has 0 aliphatic rings. The number of hydrogen-bond acceptors (Lipinski definition) is 3. The highest BCUT2D eigenvalue weighted by Gasteiger charge is 2.32. The number of aromatic nitrogens is 1. The summed E-state index contributed by atoms with van der Waals surface area (Å²) in [7, 11) is 0. The highest BCUT2D eigenvalue weighted by molar-refractivity contribution is 7.99. The fourth-order valence-electron chi connectivity index (χ4n) is 1.48. The third-order valence-corrected chi connectivity index (χ3v) is 3.67. The summed E-state index contributed by atoms with van der Waals surface area (Å²) in [5.74, 6) is 0.684. The molecule has 2 nitrogen and oxygen atoms in total. The molecule has 0 saturated heterocycles. The monoisotopic (exact) mass is 303 g/mol. The normalized spacial score (nSPS) is 12.6. The second-order valence-electron chi connectivity index (χ2n) is 4.53. The molecule has 110 valence electrons. The van der Waals surface area contributed by atoms with Crippen molar-refractivity contribution < 1.29 is 18.0 Å². The van der Waals surface area contributed by atoms with Crippen molar-refractivity contribution in [1.82, 2.24) is 4.98 Å². The summed E-state index contributed by atoms with van der Waals surface area (Å²) in [4.78, 5) is 14.8. The van der Waals surface area contributed by atoms with Crippen LogP contribution < -0.4 is 0 Å². The molecule has 1 aromatic heterocycles. The Bertz CT molecular complexity index is 524. The largest absolute Gasteiger partial charge is 0.418 e. The first-order valence-electron chi connectivity index (χ1n) is 6.03. The molecule has 0 saturated carbocycles. The fourth-order valence-corrected chi connectivity index (χ4v) is 2.34. The van der Waals surface area contributed by atoms with E-state index in [4.69, 9.17) is 0 Å². The predicted octanol–water partition coefficient (Wildman–Crippen LogP) is 4.43. The third kappa shape index (κ3) is 5.36. The number of allylic oxidation sites excluding steroid dienone is 1. The van der Waals surface area contributed by atoms with E-state index in [2.05, 4.69) is 4.98 Å². The summed E-state index contributed by atoms with van der Waals surface area (Å²) in [5, 5.41) is 0.547. The van der Waals surface area contributed by atoms with Crippen LogP contribution in [0.3, 0.4) is 0 Å². The average Bonchev–Trinajstić information content (AvgIpc) is 2.32. The number of alkyl halides is 3. The van der Waals surface area contributed by atoms with E-state index in [0.29, 0.717) is 17.2 Å². The minimum absolute atomic E-state index is 0.0205. The van der Waals surface area contributed by atoms with Crippen LogP contribution in [0, 0.1) is 6.92 Å². The van der Waals surface area contributed by atoms with Gasteiger partial charge in [0.15, 0.2) is 0 Å². The number of carbonyl (C=O) groups excluding carboxylic acids is 1. The van der Waals surface area contributed by atoms with Crippen LogP contribution in [0.5, 0.6) is 0 Å². The molecule has 1 rings (SSSR count). The van der Waals surface area contributed by atoms with Gasteiger partial charge in [-0.3, -0.25) is 4.79 Å². The molecule has 6 heteroatoms. The standard InChI is InChI=1S/C14H16F3NOS/c1-9(4-5-10(2)19)8-20-13-7-6-12(11(3)18-13)14(15,16)17/h4,6-7H,5,8H2,1-3H3/b9-4+. The lowest BCUT2D eigenvalue weighted by Crippen LogP contribution is -2.08.